The standard InChI is InChI=1S/C26H25ClF2N8O2.C5H12/c1-31-26(30)36(24(39)16-4-2-15(3-5-16)18-11-33-35(12-18)25(28)29)22(13-38)17-6-9-21(27)20(10-17)23-32-14-34-37(23)19-7-8-19;1-5(2,3)4/h2-6,9-12,14,19,22,25,38H,7-8,13H2,1H3,(H2,30,31);1-4H3. The molecule has 0 radical (unpaired) electrons. The third kappa shape index (κ3) is 7.86. The van der Waals surface area contributed by atoms with Crippen molar-refractivity contribution in [3.05, 3.63) is 77.3 Å². The van der Waals surface area contributed by atoms with Crippen molar-refractivity contribution in [3.8, 4) is 22.5 Å². The molecular formula is C31H37ClF2N8O2. The topological polar surface area (TPSA) is 127 Å². The molecule has 2 aromatic carbocycles. The Balaban J connectivity index is 0.000000818. The Labute approximate surface area is 260 Å². The molecule has 1 amide bonds. The van der Waals surface area contributed by atoms with Crippen molar-refractivity contribution in [2.75, 3.05) is 13.7 Å². The smallest absolute Gasteiger partial charge is 0.333 e. The summed E-state index contributed by atoms with van der Waals surface area (Å²) < 4.78 is 28.2. The first-order valence-electron chi connectivity index (χ1n) is 14.1. The molecule has 1 fully saturated rings. The zero-order chi connectivity index (χ0) is 32.2. The van der Waals surface area contributed by atoms with E-state index < -0.39 is 25.1 Å². The number of guanidine groups is 1. The summed E-state index contributed by atoms with van der Waals surface area (Å²) in [4.78, 5) is 23.3. The zero-order valence-electron chi connectivity index (χ0n) is 25.3. The fourth-order valence-electron chi connectivity index (χ4n) is 4.34. The minimum atomic E-state index is -2.75. The van der Waals surface area contributed by atoms with E-state index in [-0.39, 0.29) is 17.6 Å². The monoisotopic (exact) mass is 626 g/mol. The Hall–Kier alpha value is -4.16. The van der Waals surface area contributed by atoms with Crippen molar-refractivity contribution in [1.82, 2.24) is 29.4 Å². The highest BCUT2D eigenvalue weighted by molar-refractivity contribution is 6.33. The molecule has 13 heteroatoms. The number of aliphatic hydroxyl groups excluding tert-OH is 1. The number of aliphatic imine (C=N–C) groups is 1. The Kier molecular flexibility index (Phi) is 10.2. The highest BCUT2D eigenvalue weighted by atomic mass is 35.5. The molecule has 0 bridgehead atoms. The molecule has 0 saturated heterocycles. The molecule has 1 aliphatic carbocycles. The van der Waals surface area contributed by atoms with Crippen LogP contribution in [0, 0.1) is 5.41 Å². The van der Waals surface area contributed by atoms with Gasteiger partial charge in [-0.15, -0.1) is 0 Å². The molecule has 0 spiro atoms. The van der Waals surface area contributed by atoms with E-state index in [9.17, 15) is 18.7 Å². The van der Waals surface area contributed by atoms with Crippen LogP contribution in [0.1, 0.15) is 75.1 Å². The number of nitrogens with zero attached hydrogens (tertiary/aromatic N) is 7. The fraction of sp³-hybridized carbons (Fsp3) is 0.387. The van der Waals surface area contributed by atoms with Gasteiger partial charge in [0, 0.05) is 29.9 Å². The van der Waals surface area contributed by atoms with Gasteiger partial charge in [-0.25, -0.2) is 14.3 Å². The number of amides is 1. The van der Waals surface area contributed by atoms with E-state index >= 15 is 0 Å². The first-order valence-corrected chi connectivity index (χ1v) is 14.5. The number of hydrogen-bond acceptors (Lipinski definition) is 6. The number of carbonyl (C=O) groups excluding carboxylic acids is 1. The molecule has 234 valence electrons. The van der Waals surface area contributed by atoms with Crippen molar-refractivity contribution >= 4 is 23.5 Å². The van der Waals surface area contributed by atoms with Gasteiger partial charge in [-0.1, -0.05) is 57.5 Å². The van der Waals surface area contributed by atoms with Crippen LogP contribution < -0.4 is 5.73 Å². The summed E-state index contributed by atoms with van der Waals surface area (Å²) in [5.74, 6) is -0.00888. The van der Waals surface area contributed by atoms with Crippen molar-refractivity contribution in [1.29, 1.82) is 0 Å². The number of nitrogens with two attached hydrogens (primary N) is 1. The second-order valence-electron chi connectivity index (χ2n) is 12.0. The van der Waals surface area contributed by atoms with E-state index in [2.05, 4.69) is 47.9 Å². The Bertz CT molecular complexity index is 1600. The van der Waals surface area contributed by atoms with Crippen LogP contribution in [0.2, 0.25) is 5.02 Å². The molecular weight excluding hydrogens is 590 g/mol. The van der Waals surface area contributed by atoms with Gasteiger partial charge < -0.3 is 10.8 Å². The predicted octanol–water partition coefficient (Wildman–Crippen LogP) is 6.36. The molecule has 1 unspecified atom stereocenters. The average molecular weight is 627 g/mol. The molecule has 5 rings (SSSR count). The third-order valence-corrected chi connectivity index (χ3v) is 6.86. The van der Waals surface area contributed by atoms with Gasteiger partial charge in [0.15, 0.2) is 11.8 Å². The van der Waals surface area contributed by atoms with Gasteiger partial charge in [-0.2, -0.15) is 19.0 Å². The Morgan fingerprint density at radius 1 is 1.14 bits per heavy atom. The second kappa shape index (κ2) is 13.6. The fourth-order valence-corrected chi connectivity index (χ4v) is 4.54. The highest BCUT2D eigenvalue weighted by Gasteiger charge is 2.31. The highest BCUT2D eigenvalue weighted by Crippen LogP contribution is 2.39. The Morgan fingerprint density at radius 2 is 1.80 bits per heavy atom. The van der Waals surface area contributed by atoms with E-state index in [1.54, 1.807) is 42.5 Å². The zero-order valence-corrected chi connectivity index (χ0v) is 26.1. The van der Waals surface area contributed by atoms with E-state index in [1.807, 2.05) is 4.68 Å². The number of aliphatic hydroxyl groups is 1. The summed E-state index contributed by atoms with van der Waals surface area (Å²) in [5.41, 5.74) is 9.18. The summed E-state index contributed by atoms with van der Waals surface area (Å²) >= 11 is 6.52. The minimum Gasteiger partial charge on any atom is -0.394 e. The van der Waals surface area contributed by atoms with Gasteiger partial charge in [-0.3, -0.25) is 14.7 Å². The molecule has 1 saturated carbocycles. The summed E-state index contributed by atoms with van der Waals surface area (Å²) in [5, 5.41) is 18.8. The number of halogens is 3. The maximum Gasteiger partial charge on any atom is 0.333 e. The van der Waals surface area contributed by atoms with Crippen LogP contribution in [0.15, 0.2) is 66.2 Å². The van der Waals surface area contributed by atoms with Crippen LogP contribution in [0.3, 0.4) is 0 Å². The maximum absolute atomic E-state index is 13.7. The molecule has 3 N–H and O–H groups in total. The normalized spacial score (nSPS) is 14.3. The number of rotatable bonds is 8. The van der Waals surface area contributed by atoms with Crippen LogP contribution in [0.4, 0.5) is 8.78 Å². The number of hydrogen-bond donors (Lipinski definition) is 2. The van der Waals surface area contributed by atoms with Crippen LogP contribution in [0.5, 0.6) is 0 Å². The SMILES string of the molecule is CC(C)(C)C.CN=C(N)N(C(=O)c1ccc(-c2cnn(C(F)F)c2)cc1)C(CO)c1ccc(Cl)c(-c2ncnn2C2CC2)c1. The van der Waals surface area contributed by atoms with Gasteiger partial charge in [0.1, 0.15) is 6.33 Å². The van der Waals surface area contributed by atoms with E-state index in [4.69, 9.17) is 17.3 Å². The second-order valence-corrected chi connectivity index (χ2v) is 12.4. The molecule has 10 nitrogen and oxygen atoms in total. The first kappa shape index (κ1) is 32.7. The van der Waals surface area contributed by atoms with Crippen molar-refractivity contribution in [3.63, 3.8) is 0 Å². The molecule has 2 aromatic heterocycles. The summed E-state index contributed by atoms with van der Waals surface area (Å²) in [7, 11) is 1.44. The lowest BCUT2D eigenvalue weighted by atomic mass is 10.0. The molecule has 4 aromatic rings. The van der Waals surface area contributed by atoms with E-state index in [1.165, 1.54) is 30.7 Å². The number of carbonyl (C=O) groups is 1. The van der Waals surface area contributed by atoms with Gasteiger partial charge >= 0.3 is 6.55 Å². The van der Waals surface area contributed by atoms with Crippen molar-refractivity contribution in [2.24, 2.45) is 16.1 Å². The van der Waals surface area contributed by atoms with Crippen LogP contribution in [-0.2, 0) is 0 Å². The quantitative estimate of drug-likeness (QED) is 0.173. The maximum atomic E-state index is 13.7. The van der Waals surface area contributed by atoms with Crippen molar-refractivity contribution in [2.45, 2.75) is 59.2 Å². The van der Waals surface area contributed by atoms with E-state index in [0.29, 0.717) is 43.2 Å². The summed E-state index contributed by atoms with van der Waals surface area (Å²) in [6, 6.07) is 10.9. The summed E-state index contributed by atoms with van der Waals surface area (Å²) in [6.45, 7) is 5.54. The van der Waals surface area contributed by atoms with Gasteiger partial charge in [0.2, 0.25) is 0 Å². The minimum absolute atomic E-state index is 0.0982. The van der Waals surface area contributed by atoms with Gasteiger partial charge in [-0.05, 0) is 53.6 Å². The lowest BCUT2D eigenvalue weighted by molar-refractivity contribution is 0.0566. The number of alkyl halides is 2. The Morgan fingerprint density at radius 3 is 2.34 bits per heavy atom. The molecule has 1 atom stereocenters. The lowest BCUT2D eigenvalue weighted by Gasteiger charge is -2.30. The van der Waals surface area contributed by atoms with Crippen LogP contribution >= 0.6 is 11.6 Å². The molecule has 1 aliphatic rings. The molecule has 44 heavy (non-hydrogen) atoms. The molecule has 0 aliphatic heterocycles. The van der Waals surface area contributed by atoms with Crippen LogP contribution in [0.25, 0.3) is 22.5 Å². The summed E-state index contributed by atoms with van der Waals surface area (Å²) in [6.07, 6.45) is 6.03. The first-order chi connectivity index (χ1) is 20.8. The van der Waals surface area contributed by atoms with E-state index in [0.717, 1.165) is 12.8 Å². The largest absolute Gasteiger partial charge is 0.394 e. The number of aromatic nitrogens is 5. The van der Waals surface area contributed by atoms with Gasteiger partial charge in [0.05, 0.1) is 29.9 Å². The molecule has 2 heterocycles. The lowest BCUT2D eigenvalue weighted by Crippen LogP contribution is -2.45. The number of benzene rings is 2. The predicted molar refractivity (Wildman–Crippen MR) is 166 cm³/mol. The van der Waals surface area contributed by atoms with Crippen LogP contribution in [-0.4, -0.2) is 60.1 Å². The average Bonchev–Trinajstić information content (AvgIpc) is 3.48. The third-order valence-electron chi connectivity index (χ3n) is 6.53. The van der Waals surface area contributed by atoms with Crippen molar-refractivity contribution < 1.29 is 18.7 Å². The van der Waals surface area contributed by atoms with Gasteiger partial charge in [0.25, 0.3) is 5.91 Å².